The van der Waals surface area contributed by atoms with Gasteiger partial charge in [0, 0.05) is 42.0 Å². The molecule has 1 saturated carbocycles. The summed E-state index contributed by atoms with van der Waals surface area (Å²) >= 11 is 0. The number of hydrogen-bond donors (Lipinski definition) is 1. The zero-order valence-electron chi connectivity index (χ0n) is 24.3. The normalized spacial score (nSPS) is 23.4. The number of ether oxygens (including phenoxy) is 1. The van der Waals surface area contributed by atoms with Gasteiger partial charge in [-0.15, -0.1) is 0 Å². The van der Waals surface area contributed by atoms with Crippen LogP contribution in [0.4, 0.5) is 11.6 Å². The molecule has 0 radical (unpaired) electrons. The van der Waals surface area contributed by atoms with E-state index in [4.69, 9.17) is 4.74 Å². The number of aliphatic hydroxyl groups is 1. The molecule has 1 N–H and O–H groups in total. The Labute approximate surface area is 240 Å². The van der Waals surface area contributed by atoms with E-state index in [0.29, 0.717) is 46.7 Å². The minimum absolute atomic E-state index is 0.134. The van der Waals surface area contributed by atoms with Crippen molar-refractivity contribution in [2.75, 3.05) is 29.5 Å². The number of nitriles is 1. The molecule has 9 heteroatoms. The summed E-state index contributed by atoms with van der Waals surface area (Å²) in [6.45, 7) is 11.6. The number of anilines is 2. The van der Waals surface area contributed by atoms with Gasteiger partial charge in [0.05, 0.1) is 41.4 Å². The highest BCUT2D eigenvalue weighted by Gasteiger charge is 2.64. The van der Waals surface area contributed by atoms with Crippen LogP contribution in [0.1, 0.15) is 58.2 Å². The Balaban J connectivity index is 1.44. The Hall–Kier alpha value is -4.03. The van der Waals surface area contributed by atoms with E-state index in [1.165, 1.54) is 4.90 Å². The number of hydrogen-bond acceptors (Lipinski definition) is 8. The summed E-state index contributed by atoms with van der Waals surface area (Å²) in [5, 5.41) is 22.9. The lowest BCUT2D eigenvalue weighted by molar-refractivity contribution is -0.151. The number of aromatic nitrogens is 2. The van der Waals surface area contributed by atoms with Crippen molar-refractivity contribution in [1.82, 2.24) is 9.97 Å². The molecule has 1 aliphatic carbocycles. The van der Waals surface area contributed by atoms with Gasteiger partial charge in [0.25, 0.3) is 0 Å². The van der Waals surface area contributed by atoms with Crippen molar-refractivity contribution < 1.29 is 19.4 Å². The van der Waals surface area contributed by atoms with Gasteiger partial charge < -0.3 is 14.7 Å². The Morgan fingerprint density at radius 3 is 2.41 bits per heavy atom. The average molecular weight is 556 g/mol. The summed E-state index contributed by atoms with van der Waals surface area (Å²) in [4.78, 5) is 40.5. The highest BCUT2D eigenvalue weighted by atomic mass is 16.5. The third-order valence-corrected chi connectivity index (χ3v) is 8.84. The molecule has 3 aromatic rings. The first-order valence-electron chi connectivity index (χ1n) is 14.3. The minimum atomic E-state index is -1.42. The lowest BCUT2D eigenvalue weighted by Crippen LogP contribution is -2.53. The highest BCUT2D eigenvalue weighted by molar-refractivity contribution is 6.25. The van der Waals surface area contributed by atoms with E-state index in [1.54, 1.807) is 18.2 Å². The molecule has 2 aliphatic rings. The number of carbonyl (C=O) groups excluding carboxylic acids is 2. The zero-order valence-corrected chi connectivity index (χ0v) is 24.3. The molecule has 2 fully saturated rings. The van der Waals surface area contributed by atoms with Crippen molar-refractivity contribution in [1.29, 1.82) is 5.26 Å². The smallest absolute Gasteiger partial charge is 0.240 e. The van der Waals surface area contributed by atoms with Gasteiger partial charge in [-0.25, -0.2) is 9.88 Å². The quantitative estimate of drug-likeness (QED) is 0.394. The van der Waals surface area contributed by atoms with Gasteiger partial charge in [-0.1, -0.05) is 38.1 Å². The first-order valence-corrected chi connectivity index (χ1v) is 14.3. The summed E-state index contributed by atoms with van der Waals surface area (Å²) in [6, 6.07) is 14.5. The maximum absolute atomic E-state index is 14.1. The molecule has 2 amide bonds. The number of imide groups is 1. The summed E-state index contributed by atoms with van der Waals surface area (Å²) < 4.78 is 6.01. The Bertz CT molecular complexity index is 1540. The monoisotopic (exact) mass is 555 g/mol. The summed E-state index contributed by atoms with van der Waals surface area (Å²) in [7, 11) is 0. The van der Waals surface area contributed by atoms with E-state index < -0.39 is 28.8 Å². The Morgan fingerprint density at radius 1 is 1.05 bits per heavy atom. The van der Waals surface area contributed by atoms with Gasteiger partial charge in [0.1, 0.15) is 0 Å². The molecule has 2 heterocycles. The third-order valence-electron chi connectivity index (χ3n) is 8.84. The third kappa shape index (κ3) is 4.91. The van der Waals surface area contributed by atoms with Gasteiger partial charge in [-0.2, -0.15) is 10.2 Å². The highest BCUT2D eigenvalue weighted by Crippen LogP contribution is 2.55. The predicted octanol–water partition coefficient (Wildman–Crippen LogP) is 4.78. The number of aryl methyl sites for hydroxylation is 1. The molecular formula is C32H37N5O4. The van der Waals surface area contributed by atoms with Crippen molar-refractivity contribution in [3.8, 4) is 11.9 Å². The van der Waals surface area contributed by atoms with Crippen LogP contribution < -0.4 is 14.5 Å². The second kappa shape index (κ2) is 10.7. The van der Waals surface area contributed by atoms with Crippen molar-refractivity contribution in [2.24, 2.45) is 17.3 Å². The fourth-order valence-electron chi connectivity index (χ4n) is 6.52. The number of carbonyl (C=O) groups is 2. The van der Waals surface area contributed by atoms with E-state index in [1.807, 2.05) is 63.8 Å². The molecule has 1 aliphatic heterocycles. The van der Waals surface area contributed by atoms with Gasteiger partial charge >= 0.3 is 0 Å². The molecule has 0 unspecified atom stereocenters. The van der Waals surface area contributed by atoms with Crippen LogP contribution in [0.15, 0.2) is 42.5 Å². The van der Waals surface area contributed by atoms with E-state index in [0.717, 1.165) is 18.8 Å². The maximum atomic E-state index is 14.1. The summed E-state index contributed by atoms with van der Waals surface area (Å²) in [5.74, 6) is -1.31. The molecule has 41 heavy (non-hydrogen) atoms. The van der Waals surface area contributed by atoms with Crippen LogP contribution in [0.3, 0.4) is 0 Å². The SMILES string of the molecule is CCN(CC)c1nc(C)cc(OCC[C@]2(O)CCC(C)(C)[C@H]3C(=O)N(c4ccc(C#N)c5ccccc45)C(=O)[C@H]32)n1. The van der Waals surface area contributed by atoms with Gasteiger partial charge in [-0.3, -0.25) is 9.59 Å². The molecule has 2 aromatic carbocycles. The van der Waals surface area contributed by atoms with Crippen LogP contribution >= 0.6 is 0 Å². The first-order chi connectivity index (χ1) is 19.5. The van der Waals surface area contributed by atoms with E-state index in [2.05, 4.69) is 16.0 Å². The molecule has 0 spiro atoms. The van der Waals surface area contributed by atoms with E-state index in [9.17, 15) is 20.0 Å². The Kier molecular flexibility index (Phi) is 7.47. The molecule has 3 atom stereocenters. The number of nitrogens with zero attached hydrogens (tertiary/aromatic N) is 5. The van der Waals surface area contributed by atoms with Gasteiger partial charge in [0.15, 0.2) is 0 Å². The second-order valence-corrected chi connectivity index (χ2v) is 11.8. The van der Waals surface area contributed by atoms with Gasteiger partial charge in [0.2, 0.25) is 23.6 Å². The fraction of sp³-hybridized carbons (Fsp3) is 0.469. The molecular weight excluding hydrogens is 518 g/mol. The number of fused-ring (bicyclic) bond motifs is 2. The number of rotatable bonds is 8. The zero-order chi connectivity index (χ0) is 29.5. The largest absolute Gasteiger partial charge is 0.477 e. The number of amides is 2. The van der Waals surface area contributed by atoms with Crippen molar-refractivity contribution in [2.45, 2.75) is 59.5 Å². The predicted molar refractivity (Wildman–Crippen MR) is 157 cm³/mol. The molecule has 0 bridgehead atoms. The van der Waals surface area contributed by atoms with Crippen LogP contribution in [-0.4, -0.2) is 52.2 Å². The van der Waals surface area contributed by atoms with Crippen LogP contribution in [0, 0.1) is 35.5 Å². The molecule has 1 aromatic heterocycles. The maximum Gasteiger partial charge on any atom is 0.240 e. The first kappa shape index (κ1) is 28.5. The molecule has 5 rings (SSSR count). The second-order valence-electron chi connectivity index (χ2n) is 11.8. The van der Waals surface area contributed by atoms with Crippen LogP contribution in [-0.2, 0) is 9.59 Å². The standard InChI is InChI=1S/C32H37N5O4/c1-6-36(7-2)30-34-20(3)18-25(35-30)41-17-16-32(40)15-14-31(4,5)26-27(32)29(39)37(28(26)38)24-13-12-21(19-33)22-10-8-9-11-23(22)24/h8-13,18,26-27,40H,6-7,14-17H2,1-5H3/t26-,27+,32-/m1/s1. The topological polar surface area (TPSA) is 120 Å². The van der Waals surface area contributed by atoms with Crippen LogP contribution in [0.5, 0.6) is 5.88 Å². The Morgan fingerprint density at radius 2 is 1.73 bits per heavy atom. The molecule has 214 valence electrons. The lowest BCUT2D eigenvalue weighted by atomic mass is 9.58. The average Bonchev–Trinajstić information content (AvgIpc) is 3.22. The number of benzene rings is 2. The van der Waals surface area contributed by atoms with E-state index >= 15 is 0 Å². The van der Waals surface area contributed by atoms with Gasteiger partial charge in [-0.05, 0) is 51.2 Å². The van der Waals surface area contributed by atoms with Crippen molar-refractivity contribution >= 4 is 34.2 Å². The summed E-state index contributed by atoms with van der Waals surface area (Å²) in [6.07, 6.45) is 1.14. The van der Waals surface area contributed by atoms with Crippen molar-refractivity contribution in [3.05, 3.63) is 53.7 Å². The minimum Gasteiger partial charge on any atom is -0.477 e. The lowest BCUT2D eigenvalue weighted by Gasteiger charge is -2.46. The van der Waals surface area contributed by atoms with Crippen LogP contribution in [0.2, 0.25) is 0 Å². The molecule has 9 nitrogen and oxygen atoms in total. The summed E-state index contributed by atoms with van der Waals surface area (Å²) in [5.41, 5.74) is -0.215. The van der Waals surface area contributed by atoms with Crippen molar-refractivity contribution in [3.63, 3.8) is 0 Å². The fourth-order valence-corrected chi connectivity index (χ4v) is 6.52. The van der Waals surface area contributed by atoms with Crippen LogP contribution in [0.25, 0.3) is 10.8 Å². The molecule has 1 saturated heterocycles. The van der Waals surface area contributed by atoms with E-state index in [-0.39, 0.29) is 18.9 Å².